The minimum absolute atomic E-state index is 0.00570. The Bertz CT molecular complexity index is 406. The normalized spacial score (nSPS) is 10.3. The monoisotopic (exact) mass is 254 g/mol. The average Bonchev–Trinajstić information content (AvgIpc) is 2.35. The van der Waals surface area contributed by atoms with Crippen molar-refractivity contribution in [1.29, 1.82) is 5.26 Å². The molecule has 0 amide bonds. The van der Waals surface area contributed by atoms with Gasteiger partial charge in [0.15, 0.2) is 0 Å². The Hall–Kier alpha value is -1.51. The van der Waals surface area contributed by atoms with Crippen LogP contribution in [0.25, 0.3) is 0 Å². The summed E-state index contributed by atoms with van der Waals surface area (Å²) in [6.07, 6.45) is 1.79. The van der Waals surface area contributed by atoms with Gasteiger partial charge in [-0.25, -0.2) is 8.78 Å². The number of nitriles is 1. The lowest BCUT2D eigenvalue weighted by Crippen LogP contribution is -2.17. The summed E-state index contributed by atoms with van der Waals surface area (Å²) in [5.74, 6) is -1.37. The Morgan fingerprint density at radius 3 is 2.50 bits per heavy atom. The molecule has 0 aliphatic rings. The van der Waals surface area contributed by atoms with E-state index in [-0.39, 0.29) is 17.7 Å². The number of ether oxygens (including phenoxy) is 1. The molecular weight excluding hydrogens is 238 g/mol. The fourth-order valence-electron chi connectivity index (χ4n) is 1.55. The summed E-state index contributed by atoms with van der Waals surface area (Å²) in [6, 6.07) is 3.81. The lowest BCUT2D eigenvalue weighted by Gasteiger charge is -2.07. The van der Waals surface area contributed by atoms with Crippen LogP contribution in [-0.4, -0.2) is 20.3 Å². The number of hydrogen-bond donors (Lipinski definition) is 1. The van der Waals surface area contributed by atoms with Crippen LogP contribution >= 0.6 is 0 Å². The van der Waals surface area contributed by atoms with Crippen molar-refractivity contribution < 1.29 is 13.5 Å². The van der Waals surface area contributed by atoms with E-state index < -0.39 is 11.6 Å². The minimum Gasteiger partial charge on any atom is -0.385 e. The fourth-order valence-corrected chi connectivity index (χ4v) is 1.55. The van der Waals surface area contributed by atoms with Gasteiger partial charge in [0.05, 0.1) is 11.6 Å². The minimum atomic E-state index is -0.684. The Kier molecular flexibility index (Phi) is 6.26. The highest BCUT2D eigenvalue weighted by molar-refractivity contribution is 5.34. The van der Waals surface area contributed by atoms with Gasteiger partial charge in [0, 0.05) is 25.8 Å². The van der Waals surface area contributed by atoms with Gasteiger partial charge in [-0.05, 0) is 31.5 Å². The van der Waals surface area contributed by atoms with Crippen LogP contribution in [-0.2, 0) is 11.3 Å². The highest BCUT2D eigenvalue weighted by Gasteiger charge is 2.10. The summed E-state index contributed by atoms with van der Waals surface area (Å²) >= 11 is 0. The van der Waals surface area contributed by atoms with E-state index in [2.05, 4.69) is 5.32 Å². The maximum atomic E-state index is 13.5. The Balaban J connectivity index is 2.45. The predicted octanol–water partition coefficient (Wildman–Crippen LogP) is 2.35. The van der Waals surface area contributed by atoms with Gasteiger partial charge in [-0.2, -0.15) is 5.26 Å². The summed E-state index contributed by atoms with van der Waals surface area (Å²) < 4.78 is 31.8. The predicted molar refractivity (Wildman–Crippen MR) is 63.9 cm³/mol. The van der Waals surface area contributed by atoms with E-state index in [1.54, 1.807) is 13.2 Å². The SMILES string of the molecule is COCCCCNCc1c(F)cc(C#N)cc1F. The molecule has 0 radical (unpaired) electrons. The topological polar surface area (TPSA) is 45.0 Å². The molecule has 0 spiro atoms. The zero-order valence-corrected chi connectivity index (χ0v) is 10.3. The molecule has 0 saturated heterocycles. The van der Waals surface area contributed by atoms with E-state index >= 15 is 0 Å². The summed E-state index contributed by atoms with van der Waals surface area (Å²) in [5, 5.41) is 11.5. The third kappa shape index (κ3) is 4.40. The molecule has 1 rings (SSSR count). The molecule has 0 unspecified atom stereocenters. The number of nitrogens with zero attached hydrogens (tertiary/aromatic N) is 1. The van der Waals surface area contributed by atoms with Crippen molar-refractivity contribution in [2.75, 3.05) is 20.3 Å². The molecule has 0 heterocycles. The molecule has 98 valence electrons. The zero-order chi connectivity index (χ0) is 13.4. The third-order valence-electron chi connectivity index (χ3n) is 2.52. The Morgan fingerprint density at radius 1 is 1.28 bits per heavy atom. The number of benzene rings is 1. The molecule has 1 aromatic carbocycles. The Labute approximate surface area is 105 Å². The van der Waals surface area contributed by atoms with E-state index in [1.807, 2.05) is 0 Å². The molecule has 18 heavy (non-hydrogen) atoms. The molecule has 0 aliphatic carbocycles. The number of rotatable bonds is 7. The van der Waals surface area contributed by atoms with E-state index in [9.17, 15) is 8.78 Å². The van der Waals surface area contributed by atoms with Crippen molar-refractivity contribution in [1.82, 2.24) is 5.32 Å². The van der Waals surface area contributed by atoms with E-state index in [0.29, 0.717) is 13.2 Å². The molecule has 0 aliphatic heterocycles. The molecule has 0 bridgehead atoms. The van der Waals surface area contributed by atoms with Crippen molar-refractivity contribution in [3.63, 3.8) is 0 Å². The van der Waals surface area contributed by atoms with Gasteiger partial charge in [0.25, 0.3) is 0 Å². The van der Waals surface area contributed by atoms with Gasteiger partial charge >= 0.3 is 0 Å². The van der Waals surface area contributed by atoms with Crippen LogP contribution in [0.4, 0.5) is 8.78 Å². The second-order valence-corrected chi connectivity index (χ2v) is 3.91. The van der Waals surface area contributed by atoms with Crippen molar-refractivity contribution in [3.05, 3.63) is 34.9 Å². The standard InChI is InChI=1S/C13H16F2N2O/c1-18-5-3-2-4-17-9-11-12(14)6-10(8-16)7-13(11)15/h6-7,17H,2-5,9H2,1H3. The summed E-state index contributed by atoms with van der Waals surface area (Å²) in [7, 11) is 1.63. The Morgan fingerprint density at radius 2 is 1.94 bits per heavy atom. The van der Waals surface area contributed by atoms with Crippen LogP contribution < -0.4 is 5.32 Å². The number of methoxy groups -OCH3 is 1. The molecule has 0 saturated carbocycles. The van der Waals surface area contributed by atoms with Gasteiger partial charge in [-0.3, -0.25) is 0 Å². The fraction of sp³-hybridized carbons (Fsp3) is 0.462. The molecule has 5 heteroatoms. The largest absolute Gasteiger partial charge is 0.385 e. The summed E-state index contributed by atoms with van der Waals surface area (Å²) in [4.78, 5) is 0. The molecule has 3 nitrogen and oxygen atoms in total. The quantitative estimate of drug-likeness (QED) is 0.760. The molecule has 0 aromatic heterocycles. The second-order valence-electron chi connectivity index (χ2n) is 3.91. The summed E-state index contributed by atoms with van der Waals surface area (Å²) in [5.41, 5.74) is -0.0328. The van der Waals surface area contributed by atoms with Crippen LogP contribution in [0.1, 0.15) is 24.0 Å². The van der Waals surface area contributed by atoms with Gasteiger partial charge in [0.2, 0.25) is 0 Å². The first-order valence-electron chi connectivity index (χ1n) is 5.76. The number of unbranched alkanes of at least 4 members (excludes halogenated alkanes) is 1. The highest BCUT2D eigenvalue weighted by atomic mass is 19.1. The van der Waals surface area contributed by atoms with E-state index in [1.165, 1.54) is 0 Å². The van der Waals surface area contributed by atoms with Crippen LogP contribution in [0.2, 0.25) is 0 Å². The van der Waals surface area contributed by atoms with E-state index in [0.717, 1.165) is 25.0 Å². The molecule has 0 fully saturated rings. The van der Waals surface area contributed by atoms with Crippen LogP contribution in [0.5, 0.6) is 0 Å². The van der Waals surface area contributed by atoms with Crippen molar-refractivity contribution in [2.24, 2.45) is 0 Å². The average molecular weight is 254 g/mol. The number of hydrogen-bond acceptors (Lipinski definition) is 3. The molecule has 1 N–H and O–H groups in total. The van der Waals surface area contributed by atoms with Crippen molar-refractivity contribution in [3.8, 4) is 6.07 Å². The maximum absolute atomic E-state index is 13.5. The summed E-state index contributed by atoms with van der Waals surface area (Å²) in [6.45, 7) is 1.47. The van der Waals surface area contributed by atoms with Crippen molar-refractivity contribution in [2.45, 2.75) is 19.4 Å². The lowest BCUT2D eigenvalue weighted by molar-refractivity contribution is 0.192. The first kappa shape index (κ1) is 14.6. The van der Waals surface area contributed by atoms with Crippen LogP contribution in [0, 0.1) is 23.0 Å². The van der Waals surface area contributed by atoms with E-state index in [4.69, 9.17) is 10.00 Å². The van der Waals surface area contributed by atoms with Gasteiger partial charge in [-0.1, -0.05) is 0 Å². The van der Waals surface area contributed by atoms with Crippen LogP contribution in [0.15, 0.2) is 12.1 Å². The molecule has 0 atom stereocenters. The molecular formula is C13H16F2N2O. The smallest absolute Gasteiger partial charge is 0.131 e. The second kappa shape index (κ2) is 7.75. The molecule has 1 aromatic rings. The maximum Gasteiger partial charge on any atom is 0.131 e. The highest BCUT2D eigenvalue weighted by Crippen LogP contribution is 2.14. The number of halogens is 2. The van der Waals surface area contributed by atoms with Crippen molar-refractivity contribution >= 4 is 0 Å². The van der Waals surface area contributed by atoms with Gasteiger partial charge in [-0.15, -0.1) is 0 Å². The number of nitrogens with one attached hydrogen (secondary N) is 1. The lowest BCUT2D eigenvalue weighted by atomic mass is 10.1. The van der Waals surface area contributed by atoms with Gasteiger partial charge in [0.1, 0.15) is 11.6 Å². The van der Waals surface area contributed by atoms with Gasteiger partial charge < -0.3 is 10.1 Å². The first-order valence-corrected chi connectivity index (χ1v) is 5.76. The van der Waals surface area contributed by atoms with Crippen LogP contribution in [0.3, 0.4) is 0 Å². The zero-order valence-electron chi connectivity index (χ0n) is 10.3. The third-order valence-corrected chi connectivity index (χ3v) is 2.52. The first-order chi connectivity index (χ1) is 8.69.